The molecule has 0 amide bonds. The van der Waals surface area contributed by atoms with Crippen molar-refractivity contribution < 1.29 is 5.11 Å². The summed E-state index contributed by atoms with van der Waals surface area (Å²) in [6.45, 7) is 2.35. The zero-order chi connectivity index (χ0) is 17.1. The number of thioether (sulfide) groups is 1. The van der Waals surface area contributed by atoms with E-state index in [0.717, 1.165) is 35.4 Å². The molecule has 2 aliphatic heterocycles. The predicted molar refractivity (Wildman–Crippen MR) is 102 cm³/mol. The molecule has 3 atom stereocenters. The molecule has 3 unspecified atom stereocenters. The molecule has 4 nitrogen and oxygen atoms in total. The van der Waals surface area contributed by atoms with E-state index in [0.29, 0.717) is 6.04 Å². The lowest BCUT2D eigenvalue weighted by Crippen LogP contribution is -2.31. The van der Waals surface area contributed by atoms with Crippen LogP contribution in [-0.2, 0) is 0 Å². The number of aromatic hydroxyl groups is 1. The van der Waals surface area contributed by atoms with Gasteiger partial charge in [0.25, 0.3) is 0 Å². The molecule has 0 aliphatic carbocycles. The number of benzene rings is 1. The van der Waals surface area contributed by atoms with E-state index in [4.69, 9.17) is 0 Å². The normalized spacial score (nSPS) is 25.5. The van der Waals surface area contributed by atoms with Gasteiger partial charge in [-0.25, -0.2) is 4.98 Å². The Kier molecular flexibility index (Phi) is 5.04. The number of fused-ring (bicyclic) bond motifs is 2. The van der Waals surface area contributed by atoms with Gasteiger partial charge in [0.1, 0.15) is 5.03 Å². The minimum absolute atomic E-state index is 0.00777. The Balaban J connectivity index is 1.47. The summed E-state index contributed by atoms with van der Waals surface area (Å²) in [6, 6.07) is 10.6. The first-order valence-corrected chi connectivity index (χ1v) is 9.92. The molecule has 2 aromatic rings. The van der Waals surface area contributed by atoms with Crippen LogP contribution in [0.25, 0.3) is 6.08 Å². The van der Waals surface area contributed by atoms with Crippen molar-refractivity contribution in [3.63, 3.8) is 0 Å². The molecule has 2 saturated heterocycles. The van der Waals surface area contributed by atoms with Gasteiger partial charge in [0.2, 0.25) is 5.88 Å². The van der Waals surface area contributed by atoms with Gasteiger partial charge >= 0.3 is 0 Å². The molecular weight excluding hydrogens is 330 g/mol. The SMILES string of the molecule is Oc1cnc(C2CCC3CCN2C3)c(SCC=Cc2ccccc2)n1. The highest BCUT2D eigenvalue weighted by molar-refractivity contribution is 7.99. The summed E-state index contributed by atoms with van der Waals surface area (Å²) in [5.41, 5.74) is 2.23. The van der Waals surface area contributed by atoms with Crippen LogP contribution in [0, 0.1) is 5.92 Å². The van der Waals surface area contributed by atoms with Crippen LogP contribution in [0.4, 0.5) is 0 Å². The van der Waals surface area contributed by atoms with Gasteiger partial charge in [0.15, 0.2) is 0 Å². The maximum Gasteiger partial charge on any atom is 0.230 e. The van der Waals surface area contributed by atoms with E-state index in [1.807, 2.05) is 18.2 Å². The van der Waals surface area contributed by atoms with Gasteiger partial charge in [0, 0.05) is 12.3 Å². The standard InChI is InChI=1S/C20H23N3OS/c24-18-13-21-19(17-9-8-16-10-11-23(17)14-16)20(22-18)25-12-4-7-15-5-2-1-3-6-15/h1-7,13,16-17H,8-12,14H2,(H,22,24). The molecule has 1 N–H and O–H groups in total. The van der Waals surface area contributed by atoms with Crippen LogP contribution in [0.3, 0.4) is 0 Å². The van der Waals surface area contributed by atoms with Crippen LogP contribution in [0.2, 0.25) is 0 Å². The summed E-state index contributed by atoms with van der Waals surface area (Å²) in [4.78, 5) is 11.5. The maximum atomic E-state index is 9.78. The van der Waals surface area contributed by atoms with Crippen molar-refractivity contribution in [2.75, 3.05) is 18.8 Å². The lowest BCUT2D eigenvalue weighted by Gasteiger charge is -2.32. The number of hydrogen-bond donors (Lipinski definition) is 1. The van der Waals surface area contributed by atoms with Crippen molar-refractivity contribution in [2.24, 2.45) is 5.92 Å². The van der Waals surface area contributed by atoms with Crippen LogP contribution >= 0.6 is 11.8 Å². The van der Waals surface area contributed by atoms with Gasteiger partial charge in [-0.2, -0.15) is 0 Å². The zero-order valence-electron chi connectivity index (χ0n) is 14.2. The van der Waals surface area contributed by atoms with Gasteiger partial charge in [-0.15, -0.1) is 11.8 Å². The van der Waals surface area contributed by atoms with Crippen LogP contribution in [-0.4, -0.2) is 38.8 Å². The number of nitrogens with zero attached hydrogens (tertiary/aromatic N) is 3. The highest BCUT2D eigenvalue weighted by Crippen LogP contribution is 2.41. The molecule has 0 radical (unpaired) electrons. The average Bonchev–Trinajstić information content (AvgIpc) is 3.02. The molecule has 0 saturated carbocycles. The summed E-state index contributed by atoms with van der Waals surface area (Å²) >= 11 is 1.65. The number of rotatable bonds is 5. The van der Waals surface area contributed by atoms with E-state index >= 15 is 0 Å². The Morgan fingerprint density at radius 1 is 1.20 bits per heavy atom. The smallest absolute Gasteiger partial charge is 0.230 e. The molecular formula is C20H23N3OS. The summed E-state index contributed by atoms with van der Waals surface area (Å²) < 4.78 is 0. The fraction of sp³-hybridized carbons (Fsp3) is 0.400. The molecule has 2 fully saturated rings. The second-order valence-electron chi connectivity index (χ2n) is 6.79. The largest absolute Gasteiger partial charge is 0.492 e. The van der Waals surface area contributed by atoms with Crippen molar-refractivity contribution >= 4 is 17.8 Å². The zero-order valence-corrected chi connectivity index (χ0v) is 15.0. The van der Waals surface area contributed by atoms with E-state index in [1.165, 1.54) is 31.1 Å². The molecule has 4 rings (SSSR count). The maximum absolute atomic E-state index is 9.78. The Labute approximate surface area is 153 Å². The lowest BCUT2D eigenvalue weighted by molar-refractivity contribution is 0.175. The average molecular weight is 353 g/mol. The van der Waals surface area contributed by atoms with Gasteiger partial charge in [-0.3, -0.25) is 9.88 Å². The second-order valence-corrected chi connectivity index (χ2v) is 7.79. The highest BCUT2D eigenvalue weighted by Gasteiger charge is 2.36. The van der Waals surface area contributed by atoms with Gasteiger partial charge in [-0.1, -0.05) is 42.5 Å². The number of piperidine rings is 1. The number of hydrogen-bond acceptors (Lipinski definition) is 5. The van der Waals surface area contributed by atoms with Crippen LogP contribution in [0.15, 0.2) is 47.6 Å². The molecule has 2 bridgehead atoms. The molecule has 3 heterocycles. The first-order chi connectivity index (χ1) is 12.3. The van der Waals surface area contributed by atoms with Gasteiger partial charge in [0.05, 0.1) is 17.9 Å². The lowest BCUT2D eigenvalue weighted by atomic mass is 9.95. The summed E-state index contributed by atoms with van der Waals surface area (Å²) in [5, 5.41) is 10.7. The Hall–Kier alpha value is -1.85. The third-order valence-corrected chi connectivity index (χ3v) is 6.04. The van der Waals surface area contributed by atoms with Crippen molar-refractivity contribution in [3.8, 4) is 5.88 Å². The molecule has 5 heteroatoms. The molecule has 0 spiro atoms. The van der Waals surface area contributed by atoms with Crippen LogP contribution < -0.4 is 0 Å². The van der Waals surface area contributed by atoms with E-state index in [1.54, 1.807) is 11.8 Å². The quantitative estimate of drug-likeness (QED) is 0.819. The van der Waals surface area contributed by atoms with E-state index in [-0.39, 0.29) is 5.88 Å². The fourth-order valence-corrected chi connectivity index (χ4v) is 4.69. The predicted octanol–water partition coefficient (Wildman–Crippen LogP) is 4.14. The monoisotopic (exact) mass is 353 g/mol. The van der Waals surface area contributed by atoms with Crippen molar-refractivity contribution in [1.29, 1.82) is 0 Å². The van der Waals surface area contributed by atoms with Crippen molar-refractivity contribution in [1.82, 2.24) is 14.9 Å². The molecule has 2 aliphatic rings. The Morgan fingerprint density at radius 3 is 2.96 bits per heavy atom. The Bertz CT molecular complexity index is 750. The van der Waals surface area contributed by atoms with Crippen molar-refractivity contribution in [2.45, 2.75) is 30.3 Å². The highest BCUT2D eigenvalue weighted by atomic mass is 32.2. The van der Waals surface area contributed by atoms with Crippen LogP contribution in [0.1, 0.15) is 36.6 Å². The third kappa shape index (κ3) is 3.88. The molecule has 130 valence electrons. The molecule has 25 heavy (non-hydrogen) atoms. The minimum Gasteiger partial charge on any atom is -0.492 e. The van der Waals surface area contributed by atoms with E-state index in [2.05, 4.69) is 39.2 Å². The first-order valence-electron chi connectivity index (χ1n) is 8.94. The minimum atomic E-state index is 0.00777. The van der Waals surface area contributed by atoms with E-state index in [9.17, 15) is 5.11 Å². The molecule has 1 aromatic heterocycles. The van der Waals surface area contributed by atoms with Gasteiger partial charge in [-0.05, 0) is 37.3 Å². The van der Waals surface area contributed by atoms with Crippen LogP contribution in [0.5, 0.6) is 5.88 Å². The summed E-state index contributed by atoms with van der Waals surface area (Å²) in [5.74, 6) is 1.69. The second kappa shape index (κ2) is 7.58. The topological polar surface area (TPSA) is 49.3 Å². The Morgan fingerprint density at radius 2 is 2.08 bits per heavy atom. The summed E-state index contributed by atoms with van der Waals surface area (Å²) in [7, 11) is 0. The fourth-order valence-electron chi connectivity index (χ4n) is 3.85. The molecule has 1 aromatic carbocycles. The van der Waals surface area contributed by atoms with E-state index < -0.39 is 0 Å². The summed E-state index contributed by atoms with van der Waals surface area (Å²) in [6.07, 6.45) is 9.49. The first kappa shape index (κ1) is 16.6. The van der Waals surface area contributed by atoms with Crippen molar-refractivity contribution in [3.05, 3.63) is 53.9 Å². The number of aromatic nitrogens is 2. The third-order valence-electron chi connectivity index (χ3n) is 5.10. The van der Waals surface area contributed by atoms with Gasteiger partial charge < -0.3 is 5.11 Å².